The van der Waals surface area contributed by atoms with Gasteiger partial charge >= 0.3 is 6.09 Å². The largest absolute Gasteiger partial charge is 0.444 e. The SMILES string of the molecule is CC(C)(C)OC(=O)N1CCC(CO)(CF)C1. The van der Waals surface area contributed by atoms with Gasteiger partial charge in [0.25, 0.3) is 0 Å². The van der Waals surface area contributed by atoms with Crippen LogP contribution in [0.3, 0.4) is 0 Å². The van der Waals surface area contributed by atoms with E-state index in [0.29, 0.717) is 13.0 Å². The van der Waals surface area contributed by atoms with Crippen LogP contribution in [0.5, 0.6) is 0 Å². The minimum absolute atomic E-state index is 0.231. The summed E-state index contributed by atoms with van der Waals surface area (Å²) >= 11 is 0. The highest BCUT2D eigenvalue weighted by atomic mass is 19.1. The van der Waals surface area contributed by atoms with Crippen molar-refractivity contribution in [1.29, 1.82) is 0 Å². The standard InChI is InChI=1S/C11H20FNO3/c1-10(2,3)16-9(15)13-5-4-11(6-12,7-13)8-14/h14H,4-8H2,1-3H3. The Bertz CT molecular complexity index is 258. The summed E-state index contributed by atoms with van der Waals surface area (Å²) < 4.78 is 18.0. The highest BCUT2D eigenvalue weighted by molar-refractivity contribution is 5.68. The molecule has 1 fully saturated rings. The van der Waals surface area contributed by atoms with Crippen molar-refractivity contribution in [2.75, 3.05) is 26.4 Å². The van der Waals surface area contributed by atoms with Gasteiger partial charge < -0.3 is 14.7 Å². The smallest absolute Gasteiger partial charge is 0.410 e. The number of aliphatic hydroxyl groups excluding tert-OH is 1. The van der Waals surface area contributed by atoms with Gasteiger partial charge in [-0.25, -0.2) is 4.79 Å². The molecule has 16 heavy (non-hydrogen) atoms. The number of alkyl halides is 1. The third-order valence-electron chi connectivity index (χ3n) is 2.71. The maximum atomic E-state index is 12.8. The van der Waals surface area contributed by atoms with Crippen molar-refractivity contribution in [3.05, 3.63) is 0 Å². The summed E-state index contributed by atoms with van der Waals surface area (Å²) in [5.74, 6) is 0. The minimum atomic E-state index is -0.781. The van der Waals surface area contributed by atoms with Gasteiger partial charge in [-0.05, 0) is 27.2 Å². The topological polar surface area (TPSA) is 49.8 Å². The summed E-state index contributed by atoms with van der Waals surface area (Å²) in [6, 6.07) is 0. The number of hydrogen-bond donors (Lipinski definition) is 1. The van der Waals surface area contributed by atoms with E-state index in [4.69, 9.17) is 9.84 Å². The van der Waals surface area contributed by atoms with Crippen LogP contribution in [0.1, 0.15) is 27.2 Å². The molecule has 0 aliphatic carbocycles. The first kappa shape index (κ1) is 13.2. The van der Waals surface area contributed by atoms with E-state index >= 15 is 0 Å². The lowest BCUT2D eigenvalue weighted by Gasteiger charge is -2.26. The number of rotatable bonds is 2. The summed E-state index contributed by atoms with van der Waals surface area (Å²) in [5, 5.41) is 9.13. The number of carbonyl (C=O) groups excluding carboxylic acids is 1. The van der Waals surface area contributed by atoms with E-state index in [0.717, 1.165) is 0 Å². The van der Waals surface area contributed by atoms with Crippen LogP contribution in [-0.2, 0) is 4.74 Å². The molecule has 1 amide bonds. The Hall–Kier alpha value is -0.840. The van der Waals surface area contributed by atoms with E-state index in [-0.39, 0.29) is 13.2 Å². The number of ether oxygens (including phenoxy) is 1. The van der Waals surface area contributed by atoms with Crippen LogP contribution in [0.2, 0.25) is 0 Å². The Balaban J connectivity index is 2.56. The van der Waals surface area contributed by atoms with Crippen LogP contribution >= 0.6 is 0 Å². The van der Waals surface area contributed by atoms with Crippen molar-refractivity contribution >= 4 is 6.09 Å². The highest BCUT2D eigenvalue weighted by Crippen LogP contribution is 2.31. The monoisotopic (exact) mass is 233 g/mol. The maximum absolute atomic E-state index is 12.8. The van der Waals surface area contributed by atoms with Gasteiger partial charge in [0.1, 0.15) is 5.60 Å². The van der Waals surface area contributed by atoms with Crippen molar-refractivity contribution in [1.82, 2.24) is 4.90 Å². The molecule has 1 heterocycles. The van der Waals surface area contributed by atoms with Crippen LogP contribution in [-0.4, -0.2) is 48.1 Å². The summed E-state index contributed by atoms with van der Waals surface area (Å²) in [6.07, 6.45) is 0.0514. The van der Waals surface area contributed by atoms with E-state index < -0.39 is 23.8 Å². The van der Waals surface area contributed by atoms with E-state index in [9.17, 15) is 9.18 Å². The predicted molar refractivity (Wildman–Crippen MR) is 57.9 cm³/mol. The summed E-state index contributed by atoms with van der Waals surface area (Å²) in [6.45, 7) is 5.19. The number of likely N-dealkylation sites (tertiary alicyclic amines) is 1. The van der Waals surface area contributed by atoms with Crippen molar-refractivity contribution in [3.63, 3.8) is 0 Å². The van der Waals surface area contributed by atoms with Crippen molar-refractivity contribution in [2.24, 2.45) is 5.41 Å². The zero-order chi connectivity index (χ0) is 12.4. The van der Waals surface area contributed by atoms with Crippen molar-refractivity contribution in [2.45, 2.75) is 32.8 Å². The van der Waals surface area contributed by atoms with Crippen LogP contribution in [0, 0.1) is 5.41 Å². The Morgan fingerprint density at radius 2 is 2.19 bits per heavy atom. The van der Waals surface area contributed by atoms with Gasteiger partial charge in [0.15, 0.2) is 0 Å². The summed E-state index contributed by atoms with van der Waals surface area (Å²) in [4.78, 5) is 13.1. The van der Waals surface area contributed by atoms with E-state index in [1.807, 2.05) is 0 Å². The average Bonchev–Trinajstić information content (AvgIpc) is 2.60. The number of hydrogen-bond acceptors (Lipinski definition) is 3. The molecule has 4 nitrogen and oxygen atoms in total. The predicted octanol–water partition coefficient (Wildman–Crippen LogP) is 1.58. The normalized spacial score (nSPS) is 25.9. The lowest BCUT2D eigenvalue weighted by molar-refractivity contribution is 0.0241. The average molecular weight is 233 g/mol. The quantitative estimate of drug-likeness (QED) is 0.787. The third kappa shape index (κ3) is 3.07. The van der Waals surface area contributed by atoms with Crippen molar-refractivity contribution in [3.8, 4) is 0 Å². The molecule has 0 bridgehead atoms. The van der Waals surface area contributed by atoms with Gasteiger partial charge in [-0.2, -0.15) is 0 Å². The minimum Gasteiger partial charge on any atom is -0.444 e. The Morgan fingerprint density at radius 1 is 1.56 bits per heavy atom. The zero-order valence-corrected chi connectivity index (χ0v) is 10.1. The van der Waals surface area contributed by atoms with Crippen LogP contribution < -0.4 is 0 Å². The Labute approximate surface area is 95.4 Å². The molecule has 1 atom stereocenters. The van der Waals surface area contributed by atoms with Crippen LogP contribution in [0.25, 0.3) is 0 Å². The summed E-state index contributed by atoms with van der Waals surface area (Å²) in [5.41, 5.74) is -1.33. The van der Waals surface area contributed by atoms with Crippen molar-refractivity contribution < 1.29 is 19.0 Å². The van der Waals surface area contributed by atoms with Gasteiger partial charge in [0, 0.05) is 18.5 Å². The first-order valence-electron chi connectivity index (χ1n) is 5.47. The number of aliphatic hydroxyl groups is 1. The van der Waals surface area contributed by atoms with E-state index in [1.54, 1.807) is 20.8 Å². The second-order valence-electron chi connectivity index (χ2n) is 5.44. The molecular formula is C11H20FNO3. The molecule has 0 radical (unpaired) electrons. The Kier molecular flexibility index (Phi) is 3.78. The van der Waals surface area contributed by atoms with Crippen LogP contribution in [0.15, 0.2) is 0 Å². The zero-order valence-electron chi connectivity index (χ0n) is 10.1. The van der Waals surface area contributed by atoms with Gasteiger partial charge in [-0.1, -0.05) is 0 Å². The number of carbonyl (C=O) groups is 1. The first-order valence-corrected chi connectivity index (χ1v) is 5.47. The lowest BCUT2D eigenvalue weighted by atomic mass is 9.90. The molecule has 1 rings (SSSR count). The molecule has 1 aliphatic rings. The Morgan fingerprint density at radius 3 is 2.56 bits per heavy atom. The van der Waals surface area contributed by atoms with Crippen LogP contribution in [0.4, 0.5) is 9.18 Å². The molecule has 94 valence electrons. The molecule has 0 spiro atoms. The number of halogens is 1. The molecule has 1 saturated heterocycles. The molecule has 1 N–H and O–H groups in total. The lowest BCUT2D eigenvalue weighted by Crippen LogP contribution is -2.38. The molecule has 0 aromatic rings. The number of nitrogens with zero attached hydrogens (tertiary/aromatic N) is 1. The highest BCUT2D eigenvalue weighted by Gasteiger charge is 2.41. The maximum Gasteiger partial charge on any atom is 0.410 e. The third-order valence-corrected chi connectivity index (χ3v) is 2.71. The second kappa shape index (κ2) is 4.57. The van der Waals surface area contributed by atoms with Gasteiger partial charge in [0.05, 0.1) is 13.3 Å². The fourth-order valence-electron chi connectivity index (χ4n) is 1.70. The summed E-state index contributed by atoms with van der Waals surface area (Å²) in [7, 11) is 0. The van der Waals surface area contributed by atoms with E-state index in [2.05, 4.69) is 0 Å². The molecular weight excluding hydrogens is 213 g/mol. The molecule has 0 aromatic heterocycles. The van der Waals surface area contributed by atoms with Gasteiger partial charge in [0.2, 0.25) is 0 Å². The molecule has 0 aromatic carbocycles. The fraction of sp³-hybridized carbons (Fsp3) is 0.909. The van der Waals surface area contributed by atoms with Gasteiger partial charge in [-0.3, -0.25) is 4.39 Å². The molecule has 1 aliphatic heterocycles. The van der Waals surface area contributed by atoms with E-state index in [1.165, 1.54) is 4.90 Å². The number of amides is 1. The van der Waals surface area contributed by atoms with Gasteiger partial charge in [-0.15, -0.1) is 0 Å². The first-order chi connectivity index (χ1) is 7.32. The molecule has 5 heteroatoms. The molecule has 1 unspecified atom stereocenters. The fourth-order valence-corrected chi connectivity index (χ4v) is 1.70. The molecule has 0 saturated carbocycles. The second-order valence-corrected chi connectivity index (χ2v) is 5.44.